The van der Waals surface area contributed by atoms with Gasteiger partial charge in [-0.2, -0.15) is 14.6 Å². The molecule has 4 heterocycles. The van der Waals surface area contributed by atoms with Crippen molar-refractivity contribution < 1.29 is 48.0 Å². The zero-order valence-electron chi connectivity index (χ0n) is 26.7. The van der Waals surface area contributed by atoms with Crippen LogP contribution in [0.1, 0.15) is 61.8 Å². The van der Waals surface area contributed by atoms with Crippen molar-refractivity contribution in [3.63, 3.8) is 0 Å². The van der Waals surface area contributed by atoms with E-state index in [4.69, 9.17) is 25.8 Å². The summed E-state index contributed by atoms with van der Waals surface area (Å²) < 4.78 is 48.8. The van der Waals surface area contributed by atoms with Crippen LogP contribution < -0.4 is 11.1 Å². The van der Waals surface area contributed by atoms with Crippen LogP contribution in [0.15, 0.2) is 36.1 Å². The van der Waals surface area contributed by atoms with Crippen LogP contribution in [-0.2, 0) is 9.30 Å². The fourth-order valence-electron chi connectivity index (χ4n) is 4.80. The Balaban J connectivity index is 0.000000603. The van der Waals surface area contributed by atoms with Gasteiger partial charge in [0, 0.05) is 29.9 Å². The van der Waals surface area contributed by atoms with E-state index in [-0.39, 0.29) is 34.9 Å². The molecule has 5 rings (SSSR count). The number of ether oxygens (including phenoxy) is 1. The van der Waals surface area contributed by atoms with Gasteiger partial charge in [0.2, 0.25) is 5.95 Å². The molecule has 0 radical (unpaired) electrons. The Hall–Kier alpha value is -3.52. The number of carbonyl (C=O) groups is 1. The third kappa shape index (κ3) is 9.59. The number of pyridine rings is 1. The van der Waals surface area contributed by atoms with Gasteiger partial charge in [-0.3, -0.25) is 18.7 Å². The van der Waals surface area contributed by atoms with Gasteiger partial charge in [0.25, 0.3) is 5.91 Å². The van der Waals surface area contributed by atoms with Crippen LogP contribution in [0.4, 0.5) is 14.5 Å². The molecule has 16 nitrogen and oxygen atoms in total. The number of carbonyl (C=O) groups excluding carboxylic acids is 1. The lowest BCUT2D eigenvalue weighted by molar-refractivity contribution is 0.0260. The van der Waals surface area contributed by atoms with Crippen LogP contribution in [0, 0.1) is 11.8 Å². The monoisotopic (exact) mass is 728 g/mol. The molecule has 0 saturated heterocycles. The second-order valence-electron chi connectivity index (χ2n) is 11.5. The highest BCUT2D eigenvalue weighted by molar-refractivity contribution is 7.51. The molecule has 4 aromatic heterocycles. The third-order valence-corrected chi connectivity index (χ3v) is 9.94. The number of hydrogen-bond donors (Lipinski definition) is 7. The number of hydrogen-bond acceptors (Lipinski definition) is 12. The van der Waals surface area contributed by atoms with Crippen LogP contribution >= 0.6 is 18.9 Å². The molecule has 20 heteroatoms. The van der Waals surface area contributed by atoms with Crippen LogP contribution in [0.5, 0.6) is 0 Å². The number of aliphatic hydroxyl groups excluding tert-OH is 3. The van der Waals surface area contributed by atoms with E-state index in [0.29, 0.717) is 17.2 Å². The van der Waals surface area contributed by atoms with Gasteiger partial charge in [-0.25, -0.2) is 14.4 Å². The normalized spacial score (nSPS) is 17.3. The molecule has 8 N–H and O–H groups in total. The van der Waals surface area contributed by atoms with E-state index in [2.05, 4.69) is 25.5 Å². The molecular weight excluding hydrogens is 689 g/mol. The average Bonchev–Trinajstić information content (AvgIpc) is 3.86. The standard InChI is InChI=1S/C25H28F2N7O5PS.C4H11NO3/c1-3-39-17-6-4-16(5-7-17)34-12-19(23(32-34)22-18(26)8-9-21(27)31-22)29-24(35)20-13-41-25(30-20)15-10-28-33(11-15)14(2)40(36,37)38;5-4(1-6,2-7)3-8/h8-14,16-17H,3-7H2,1-2H3,(H,29,35)(H2,36,37,38);6-8H,1-3,5H2/t14?,16-,17-;. The summed E-state index contributed by atoms with van der Waals surface area (Å²) >= 11 is 1.14. The largest absolute Gasteiger partial charge is 0.394 e. The summed E-state index contributed by atoms with van der Waals surface area (Å²) in [7, 11) is -4.41. The lowest BCUT2D eigenvalue weighted by Crippen LogP contribution is -2.50. The first kappa shape index (κ1) is 38.3. The molecule has 0 aromatic carbocycles. The van der Waals surface area contributed by atoms with Crippen molar-refractivity contribution in [3.8, 4) is 22.0 Å². The molecular formula is C29H39F2N8O8PS. The summed E-state index contributed by atoms with van der Waals surface area (Å²) in [4.78, 5) is 40.1. The van der Waals surface area contributed by atoms with E-state index in [9.17, 15) is 27.9 Å². The molecule has 0 aliphatic heterocycles. The second-order valence-corrected chi connectivity index (χ2v) is 14.3. The van der Waals surface area contributed by atoms with E-state index < -0.39 is 56.4 Å². The number of thiazole rings is 1. The van der Waals surface area contributed by atoms with E-state index in [0.717, 1.165) is 53.8 Å². The Morgan fingerprint density at radius 3 is 2.39 bits per heavy atom. The average molecular weight is 729 g/mol. The Labute approximate surface area is 283 Å². The number of aliphatic hydroxyl groups is 3. The summed E-state index contributed by atoms with van der Waals surface area (Å²) in [5.74, 6) is -3.45. The fourth-order valence-corrected chi connectivity index (χ4v) is 6.01. The summed E-state index contributed by atoms with van der Waals surface area (Å²) in [6.45, 7) is 2.72. The summed E-state index contributed by atoms with van der Waals surface area (Å²) in [5.41, 5.74) is 4.27. The first-order valence-corrected chi connectivity index (χ1v) is 17.8. The van der Waals surface area contributed by atoms with Crippen molar-refractivity contribution in [1.82, 2.24) is 29.5 Å². The molecule has 1 amide bonds. The minimum Gasteiger partial charge on any atom is -0.394 e. The van der Waals surface area contributed by atoms with Crippen LogP contribution in [0.25, 0.3) is 22.0 Å². The highest BCUT2D eigenvalue weighted by Crippen LogP contribution is 2.48. The zero-order chi connectivity index (χ0) is 35.9. The summed E-state index contributed by atoms with van der Waals surface area (Å²) in [5, 5.41) is 38.2. The number of nitrogens with two attached hydrogens (primary N) is 1. The van der Waals surface area contributed by atoms with Gasteiger partial charge in [0.15, 0.2) is 11.6 Å². The van der Waals surface area contributed by atoms with Crippen LogP contribution in [-0.4, -0.2) is 98.6 Å². The van der Waals surface area contributed by atoms with Gasteiger partial charge < -0.3 is 40.9 Å². The number of nitrogens with one attached hydrogen (secondary N) is 1. The predicted octanol–water partition coefficient (Wildman–Crippen LogP) is 2.67. The Morgan fingerprint density at radius 1 is 1.12 bits per heavy atom. The second kappa shape index (κ2) is 16.5. The topological polar surface area (TPSA) is 244 Å². The van der Waals surface area contributed by atoms with Crippen molar-refractivity contribution in [1.29, 1.82) is 0 Å². The third-order valence-electron chi connectivity index (χ3n) is 7.84. The highest BCUT2D eigenvalue weighted by atomic mass is 32.1. The van der Waals surface area contributed by atoms with Crippen molar-refractivity contribution in [2.45, 2.75) is 63.0 Å². The lowest BCUT2D eigenvalue weighted by Gasteiger charge is -2.28. The van der Waals surface area contributed by atoms with Crippen LogP contribution in [0.3, 0.4) is 0 Å². The SMILES string of the molecule is CCO[C@H]1CC[C@H](n2cc(NC(=O)c3csc(-c4cnn(C(C)P(=O)(O)O)c4)n3)c(-c3nc(F)ccc3F)n2)CC1.NC(CO)(CO)CO. The van der Waals surface area contributed by atoms with E-state index in [1.54, 1.807) is 10.9 Å². The Kier molecular flexibility index (Phi) is 12.9. The fraction of sp³-hybridized carbons (Fsp3) is 0.483. The number of aromatic nitrogens is 6. The minimum absolute atomic E-state index is 0.00886. The molecule has 0 bridgehead atoms. The summed E-state index contributed by atoms with van der Waals surface area (Å²) in [6.07, 6.45) is 7.77. The Bertz CT molecular complexity index is 1740. The molecule has 1 atom stereocenters. The van der Waals surface area contributed by atoms with Gasteiger partial charge in [-0.1, -0.05) is 0 Å². The van der Waals surface area contributed by atoms with Gasteiger partial charge >= 0.3 is 7.60 Å². The molecule has 268 valence electrons. The number of nitrogens with zero attached hydrogens (tertiary/aromatic N) is 6. The molecule has 0 spiro atoms. The quantitative estimate of drug-likeness (QED) is 0.0821. The molecule has 1 unspecified atom stereocenters. The zero-order valence-corrected chi connectivity index (χ0v) is 28.4. The number of amides is 1. The number of rotatable bonds is 12. The molecule has 1 saturated carbocycles. The first-order chi connectivity index (χ1) is 23.2. The van der Waals surface area contributed by atoms with E-state index in [1.165, 1.54) is 24.7 Å². The maximum atomic E-state index is 14.7. The molecule has 4 aromatic rings. The predicted molar refractivity (Wildman–Crippen MR) is 175 cm³/mol. The van der Waals surface area contributed by atoms with Gasteiger partial charge in [0.05, 0.1) is 49.4 Å². The van der Waals surface area contributed by atoms with E-state index >= 15 is 0 Å². The van der Waals surface area contributed by atoms with Crippen molar-refractivity contribution in [2.75, 3.05) is 31.7 Å². The minimum atomic E-state index is -4.41. The maximum Gasteiger partial charge on any atom is 0.349 e. The molecule has 1 aliphatic rings. The van der Waals surface area contributed by atoms with Crippen molar-refractivity contribution in [3.05, 3.63) is 53.6 Å². The molecule has 49 heavy (non-hydrogen) atoms. The molecule has 1 aliphatic carbocycles. The van der Waals surface area contributed by atoms with Crippen molar-refractivity contribution >= 4 is 30.5 Å². The van der Waals surface area contributed by atoms with Gasteiger partial charge in [0.1, 0.15) is 22.1 Å². The van der Waals surface area contributed by atoms with E-state index in [1.807, 2.05) is 6.92 Å². The summed E-state index contributed by atoms with van der Waals surface area (Å²) in [6, 6.07) is 1.84. The lowest BCUT2D eigenvalue weighted by atomic mass is 9.93. The van der Waals surface area contributed by atoms with Crippen molar-refractivity contribution in [2.24, 2.45) is 5.73 Å². The maximum absolute atomic E-state index is 14.7. The van der Waals surface area contributed by atoms with Gasteiger partial charge in [-0.05, 0) is 51.7 Å². The highest BCUT2D eigenvalue weighted by Gasteiger charge is 2.29. The van der Waals surface area contributed by atoms with Gasteiger partial charge in [-0.15, -0.1) is 11.3 Å². The molecule has 1 fully saturated rings. The number of anilines is 1. The Morgan fingerprint density at radius 2 is 1.80 bits per heavy atom. The van der Waals surface area contributed by atoms with Crippen LogP contribution in [0.2, 0.25) is 0 Å². The number of halogens is 2. The smallest absolute Gasteiger partial charge is 0.349 e. The first-order valence-electron chi connectivity index (χ1n) is 15.2.